The summed E-state index contributed by atoms with van der Waals surface area (Å²) in [5, 5.41) is 8.54. The molecular formula is C13H14FNO5S. The van der Waals surface area contributed by atoms with Gasteiger partial charge in [0.2, 0.25) is 10.0 Å². The monoisotopic (exact) mass is 315 g/mol. The number of likely N-dealkylation sites (N-methyl/N-ethyl adjacent to an activating group) is 1. The van der Waals surface area contributed by atoms with Crippen LogP contribution in [0.15, 0.2) is 23.1 Å². The van der Waals surface area contributed by atoms with Crippen LogP contribution >= 0.6 is 0 Å². The van der Waals surface area contributed by atoms with Crippen molar-refractivity contribution in [2.45, 2.75) is 4.90 Å². The number of hydrogen-bond acceptors (Lipinski definition) is 5. The molecule has 114 valence electrons. The molecule has 0 saturated carbocycles. The average molecular weight is 315 g/mol. The summed E-state index contributed by atoms with van der Waals surface area (Å²) in [5.41, 5.74) is -0.0291. The smallest absolute Gasteiger partial charge is 0.321 e. The first kappa shape index (κ1) is 17.1. The lowest BCUT2D eigenvalue weighted by molar-refractivity contribution is -0.140. The van der Waals surface area contributed by atoms with Gasteiger partial charge < -0.3 is 9.84 Å². The van der Waals surface area contributed by atoms with Crippen LogP contribution in [0.2, 0.25) is 0 Å². The highest BCUT2D eigenvalue weighted by Gasteiger charge is 2.24. The van der Waals surface area contributed by atoms with Gasteiger partial charge in [-0.25, -0.2) is 12.8 Å². The number of nitrogens with zero attached hydrogens (tertiary/aromatic N) is 1. The molecule has 6 nitrogen and oxygen atoms in total. The molecular weight excluding hydrogens is 301 g/mol. The summed E-state index contributed by atoms with van der Waals surface area (Å²) in [6, 6.07) is 3.18. The topological polar surface area (TPSA) is 83.9 Å². The summed E-state index contributed by atoms with van der Waals surface area (Å²) < 4.78 is 43.1. The number of sulfonamides is 1. The van der Waals surface area contributed by atoms with Crippen LogP contribution in [0.5, 0.6) is 0 Å². The first-order chi connectivity index (χ1) is 9.82. The molecule has 0 heterocycles. The van der Waals surface area contributed by atoms with Crippen LogP contribution in [-0.2, 0) is 19.6 Å². The minimum absolute atomic E-state index is 0.0291. The molecule has 1 rings (SSSR count). The maximum atomic E-state index is 13.7. The van der Waals surface area contributed by atoms with E-state index >= 15 is 0 Å². The Morgan fingerprint density at radius 1 is 1.48 bits per heavy atom. The van der Waals surface area contributed by atoms with Crippen LogP contribution in [0.4, 0.5) is 4.39 Å². The second-order valence-electron chi connectivity index (χ2n) is 3.94. The third-order valence-electron chi connectivity index (χ3n) is 2.53. The van der Waals surface area contributed by atoms with Crippen molar-refractivity contribution in [2.24, 2.45) is 0 Å². The van der Waals surface area contributed by atoms with Gasteiger partial charge in [0.15, 0.2) is 0 Å². The summed E-state index contributed by atoms with van der Waals surface area (Å²) in [4.78, 5) is 10.8. The van der Waals surface area contributed by atoms with E-state index < -0.39 is 35.0 Å². The van der Waals surface area contributed by atoms with Gasteiger partial charge in [0.05, 0.1) is 17.6 Å². The lowest BCUT2D eigenvalue weighted by Gasteiger charge is -2.15. The number of methoxy groups -OCH3 is 1. The summed E-state index contributed by atoms with van der Waals surface area (Å²) in [6.45, 7) is -0.909. The van der Waals surface area contributed by atoms with Gasteiger partial charge >= 0.3 is 5.97 Å². The number of esters is 1. The lowest BCUT2D eigenvalue weighted by Crippen LogP contribution is -2.32. The van der Waals surface area contributed by atoms with Crippen molar-refractivity contribution in [3.63, 3.8) is 0 Å². The van der Waals surface area contributed by atoms with E-state index in [-0.39, 0.29) is 10.5 Å². The van der Waals surface area contributed by atoms with Gasteiger partial charge in [-0.2, -0.15) is 4.31 Å². The molecule has 0 aliphatic heterocycles. The van der Waals surface area contributed by atoms with Crippen LogP contribution in [0, 0.1) is 17.7 Å². The number of ether oxygens (including phenoxy) is 1. The molecule has 0 atom stereocenters. The van der Waals surface area contributed by atoms with Gasteiger partial charge in [-0.3, -0.25) is 4.79 Å². The van der Waals surface area contributed by atoms with Crippen LogP contribution in [0.25, 0.3) is 0 Å². The maximum Gasteiger partial charge on any atom is 0.321 e. The van der Waals surface area contributed by atoms with Gasteiger partial charge in [0.1, 0.15) is 19.0 Å². The largest absolute Gasteiger partial charge is 0.468 e. The SMILES string of the molecule is COC(=O)CN(C)S(=O)(=O)c1ccc(C#CCO)c(F)c1. The number of hydrogen-bond donors (Lipinski definition) is 1. The van der Waals surface area contributed by atoms with E-state index in [1.807, 2.05) is 0 Å². The first-order valence-electron chi connectivity index (χ1n) is 5.75. The average Bonchev–Trinajstić information content (AvgIpc) is 2.45. The molecule has 1 aromatic carbocycles. The van der Waals surface area contributed by atoms with Crippen molar-refractivity contribution in [3.05, 3.63) is 29.6 Å². The summed E-state index contributed by atoms with van der Waals surface area (Å²) in [7, 11) is -1.69. The van der Waals surface area contributed by atoms with Gasteiger partial charge in [-0.05, 0) is 18.2 Å². The summed E-state index contributed by atoms with van der Waals surface area (Å²) in [5.74, 6) is 3.06. The predicted octanol–water partition coefficient (Wildman–Crippen LogP) is -0.0370. The quantitative estimate of drug-likeness (QED) is 0.623. The molecule has 0 aromatic heterocycles. The maximum absolute atomic E-state index is 13.7. The van der Waals surface area contributed by atoms with E-state index in [1.165, 1.54) is 19.2 Å². The highest BCUT2D eigenvalue weighted by Crippen LogP contribution is 2.17. The molecule has 0 saturated heterocycles. The third-order valence-corrected chi connectivity index (χ3v) is 4.33. The zero-order chi connectivity index (χ0) is 16.0. The van der Waals surface area contributed by atoms with E-state index in [1.54, 1.807) is 0 Å². The van der Waals surface area contributed by atoms with Crippen molar-refractivity contribution in [3.8, 4) is 11.8 Å². The fraction of sp³-hybridized carbons (Fsp3) is 0.308. The molecule has 0 bridgehead atoms. The van der Waals surface area contributed by atoms with Gasteiger partial charge in [-0.15, -0.1) is 0 Å². The fourth-order valence-corrected chi connectivity index (χ4v) is 2.53. The molecule has 0 aliphatic carbocycles. The molecule has 0 spiro atoms. The van der Waals surface area contributed by atoms with Gasteiger partial charge in [-0.1, -0.05) is 11.8 Å². The van der Waals surface area contributed by atoms with Crippen molar-refractivity contribution < 1.29 is 27.4 Å². The molecule has 0 amide bonds. The Labute approximate surface area is 122 Å². The second kappa shape index (κ2) is 7.17. The van der Waals surface area contributed by atoms with E-state index in [4.69, 9.17) is 5.11 Å². The summed E-state index contributed by atoms with van der Waals surface area (Å²) in [6.07, 6.45) is 0. The predicted molar refractivity (Wildman–Crippen MR) is 72.2 cm³/mol. The molecule has 1 aromatic rings. The number of halogens is 1. The van der Waals surface area contributed by atoms with E-state index in [0.29, 0.717) is 0 Å². The van der Waals surface area contributed by atoms with Gasteiger partial charge in [0.25, 0.3) is 0 Å². The third kappa shape index (κ3) is 4.26. The Hall–Kier alpha value is -1.95. The van der Waals surface area contributed by atoms with Crippen LogP contribution in [-0.4, -0.2) is 51.1 Å². The molecule has 0 unspecified atom stereocenters. The number of aliphatic hydroxyl groups excluding tert-OH is 1. The molecule has 0 radical (unpaired) electrons. The highest BCUT2D eigenvalue weighted by atomic mass is 32.2. The number of benzene rings is 1. The Morgan fingerprint density at radius 2 is 2.14 bits per heavy atom. The number of carbonyl (C=O) groups is 1. The van der Waals surface area contributed by atoms with E-state index in [9.17, 15) is 17.6 Å². The standard InChI is InChI=1S/C13H14FNO5S/c1-15(9-13(17)20-2)21(18,19)11-6-5-10(4-3-7-16)12(14)8-11/h5-6,8,16H,7,9H2,1-2H3. The minimum Gasteiger partial charge on any atom is -0.468 e. The van der Waals surface area contributed by atoms with Crippen molar-refractivity contribution in [1.29, 1.82) is 0 Å². The van der Waals surface area contributed by atoms with Crippen LogP contribution in [0.1, 0.15) is 5.56 Å². The van der Waals surface area contributed by atoms with Gasteiger partial charge in [0, 0.05) is 7.05 Å². The number of carbonyl (C=O) groups excluding carboxylic acids is 1. The molecule has 21 heavy (non-hydrogen) atoms. The first-order valence-corrected chi connectivity index (χ1v) is 7.19. The fourth-order valence-electron chi connectivity index (χ4n) is 1.40. The Kier molecular flexibility index (Phi) is 5.84. The van der Waals surface area contributed by atoms with E-state index in [0.717, 1.165) is 17.5 Å². The van der Waals surface area contributed by atoms with Crippen LogP contribution < -0.4 is 0 Å². The molecule has 0 aliphatic rings. The molecule has 0 fully saturated rings. The Bertz CT molecular complexity index is 690. The van der Waals surface area contributed by atoms with Crippen LogP contribution in [0.3, 0.4) is 0 Å². The van der Waals surface area contributed by atoms with Crippen molar-refractivity contribution in [1.82, 2.24) is 4.31 Å². The zero-order valence-corrected chi connectivity index (χ0v) is 12.3. The number of rotatable bonds is 4. The summed E-state index contributed by atoms with van der Waals surface area (Å²) >= 11 is 0. The van der Waals surface area contributed by atoms with Crippen molar-refractivity contribution >= 4 is 16.0 Å². The normalized spacial score (nSPS) is 10.9. The minimum atomic E-state index is -4.01. The molecule has 1 N–H and O–H groups in total. The Balaban J connectivity index is 3.10. The second-order valence-corrected chi connectivity index (χ2v) is 5.98. The highest BCUT2D eigenvalue weighted by molar-refractivity contribution is 7.89. The zero-order valence-electron chi connectivity index (χ0n) is 11.5. The lowest BCUT2D eigenvalue weighted by atomic mass is 10.2. The van der Waals surface area contributed by atoms with Crippen molar-refractivity contribution in [2.75, 3.05) is 27.3 Å². The molecule has 8 heteroatoms. The Morgan fingerprint density at radius 3 is 2.67 bits per heavy atom. The van der Waals surface area contributed by atoms with E-state index in [2.05, 4.69) is 16.6 Å². The number of aliphatic hydroxyl groups is 1.